The smallest absolute Gasteiger partial charge is 0.280 e. The van der Waals surface area contributed by atoms with E-state index in [9.17, 15) is 9.59 Å². The molecule has 0 unspecified atom stereocenters. The summed E-state index contributed by atoms with van der Waals surface area (Å²) in [4.78, 5) is 30.8. The number of aromatic nitrogens is 2. The first kappa shape index (κ1) is 17.4. The molecule has 0 aliphatic heterocycles. The minimum Gasteiger partial charge on any atom is -0.496 e. The van der Waals surface area contributed by atoms with Gasteiger partial charge < -0.3 is 4.74 Å². The zero-order valence-corrected chi connectivity index (χ0v) is 15.3. The number of nitrogens with zero attached hydrogens (tertiary/aromatic N) is 2. The molecule has 1 N–H and O–H groups in total. The topological polar surface area (TPSA) is 73.2 Å². The van der Waals surface area contributed by atoms with E-state index < -0.39 is 0 Å². The fourth-order valence-electron chi connectivity index (χ4n) is 2.46. The summed E-state index contributed by atoms with van der Waals surface area (Å²) in [6, 6.07) is 6.86. The van der Waals surface area contributed by atoms with Gasteiger partial charge in [0, 0.05) is 15.5 Å². The number of hydrogen-bond acceptors (Lipinski definition) is 5. The monoisotopic (exact) mass is 377 g/mol. The molecular formula is C17H16ClN3O3S. The van der Waals surface area contributed by atoms with E-state index in [0.717, 1.165) is 16.0 Å². The third kappa shape index (κ3) is 3.67. The number of nitrogens with one attached hydrogen (secondary N) is 1. The Bertz CT molecular complexity index is 996. The van der Waals surface area contributed by atoms with Gasteiger partial charge in [0.2, 0.25) is 5.91 Å². The quantitative estimate of drug-likeness (QED) is 0.741. The molecule has 0 aliphatic rings. The summed E-state index contributed by atoms with van der Waals surface area (Å²) < 4.78 is 6.33. The average Bonchev–Trinajstić information content (AvgIpc) is 3.02. The van der Waals surface area contributed by atoms with Gasteiger partial charge in [-0.15, -0.1) is 11.3 Å². The number of carbonyl (C=O) groups is 1. The van der Waals surface area contributed by atoms with Gasteiger partial charge in [0.15, 0.2) is 0 Å². The molecule has 8 heteroatoms. The van der Waals surface area contributed by atoms with Crippen molar-refractivity contribution in [1.29, 1.82) is 0 Å². The summed E-state index contributed by atoms with van der Waals surface area (Å²) in [5, 5.41) is 1.01. The molecular weight excluding hydrogens is 362 g/mol. The lowest BCUT2D eigenvalue weighted by molar-refractivity contribution is -0.116. The molecule has 6 nitrogen and oxygen atoms in total. The molecule has 1 aromatic carbocycles. The Morgan fingerprint density at radius 3 is 2.92 bits per heavy atom. The molecule has 0 spiro atoms. The van der Waals surface area contributed by atoms with Crippen LogP contribution in [0.25, 0.3) is 10.2 Å². The third-order valence-electron chi connectivity index (χ3n) is 3.69. The molecule has 2 heterocycles. The highest BCUT2D eigenvalue weighted by atomic mass is 35.5. The van der Waals surface area contributed by atoms with Crippen molar-refractivity contribution in [3.05, 3.63) is 56.4 Å². The van der Waals surface area contributed by atoms with Crippen LogP contribution < -0.4 is 15.7 Å². The van der Waals surface area contributed by atoms with Crippen LogP contribution in [0.3, 0.4) is 0 Å². The number of ether oxygens (including phenoxy) is 1. The number of halogens is 1. The second-order valence-corrected chi connectivity index (χ2v) is 6.92. The Hall–Kier alpha value is -2.38. The maximum atomic E-state index is 12.5. The highest BCUT2D eigenvalue weighted by Gasteiger charge is 2.13. The number of fused-ring (bicyclic) bond motifs is 1. The minimum absolute atomic E-state index is 0.0259. The van der Waals surface area contributed by atoms with Crippen LogP contribution in [0.15, 0.2) is 35.4 Å². The molecule has 0 radical (unpaired) electrons. The molecule has 0 saturated carbocycles. The fourth-order valence-corrected chi connectivity index (χ4v) is 3.58. The molecule has 0 saturated heterocycles. The lowest BCUT2D eigenvalue weighted by atomic mass is 10.1. The maximum Gasteiger partial charge on any atom is 0.280 e. The predicted molar refractivity (Wildman–Crippen MR) is 99.3 cm³/mol. The van der Waals surface area contributed by atoms with E-state index in [2.05, 4.69) is 10.4 Å². The van der Waals surface area contributed by atoms with Gasteiger partial charge in [-0.05, 0) is 30.7 Å². The first-order chi connectivity index (χ1) is 12.0. The van der Waals surface area contributed by atoms with Crippen molar-refractivity contribution >= 4 is 39.1 Å². The number of hydrogen-bond donors (Lipinski definition) is 1. The Morgan fingerprint density at radius 1 is 1.40 bits per heavy atom. The summed E-state index contributed by atoms with van der Waals surface area (Å²) in [5.41, 5.74) is 2.90. The predicted octanol–water partition coefficient (Wildman–Crippen LogP) is 3.00. The van der Waals surface area contributed by atoms with Crippen molar-refractivity contribution in [3.63, 3.8) is 0 Å². The molecule has 3 rings (SSSR count). The van der Waals surface area contributed by atoms with Gasteiger partial charge in [-0.2, -0.15) is 0 Å². The number of thiophene rings is 1. The maximum absolute atomic E-state index is 12.5. The van der Waals surface area contributed by atoms with Gasteiger partial charge in [0.25, 0.3) is 5.56 Å². The zero-order valence-electron chi connectivity index (χ0n) is 13.7. The molecule has 3 aromatic rings. The van der Waals surface area contributed by atoms with Gasteiger partial charge in [-0.1, -0.05) is 18.5 Å². The SMILES string of the molecule is CCc1cc2c(=O)n(NC(=O)Cc3cc(Cl)ccc3OC)cnc2s1. The number of methoxy groups -OCH3 is 1. The number of carbonyl (C=O) groups excluding carboxylic acids is 1. The Morgan fingerprint density at radius 2 is 2.20 bits per heavy atom. The van der Waals surface area contributed by atoms with Crippen molar-refractivity contribution in [1.82, 2.24) is 9.66 Å². The second-order valence-electron chi connectivity index (χ2n) is 5.37. The summed E-state index contributed by atoms with van der Waals surface area (Å²) in [6.45, 7) is 2.02. The van der Waals surface area contributed by atoms with E-state index in [0.29, 0.717) is 26.6 Å². The molecule has 1 amide bonds. The van der Waals surface area contributed by atoms with Crippen LogP contribution in [-0.4, -0.2) is 22.7 Å². The van der Waals surface area contributed by atoms with Crippen molar-refractivity contribution in [2.24, 2.45) is 0 Å². The van der Waals surface area contributed by atoms with Crippen LogP contribution in [0.1, 0.15) is 17.4 Å². The lowest BCUT2D eigenvalue weighted by Crippen LogP contribution is -2.33. The fraction of sp³-hybridized carbons (Fsp3) is 0.235. The Labute approximate surface area is 153 Å². The number of amides is 1. The van der Waals surface area contributed by atoms with Crippen molar-refractivity contribution < 1.29 is 9.53 Å². The third-order valence-corrected chi connectivity index (χ3v) is 5.11. The molecule has 0 atom stereocenters. The van der Waals surface area contributed by atoms with Crippen molar-refractivity contribution in [2.75, 3.05) is 12.5 Å². The lowest BCUT2D eigenvalue weighted by Gasteiger charge is -2.10. The van der Waals surface area contributed by atoms with Gasteiger partial charge in [0.1, 0.15) is 16.9 Å². The normalized spacial score (nSPS) is 10.8. The Kier molecular flexibility index (Phi) is 5.06. The van der Waals surface area contributed by atoms with Crippen LogP contribution in [0.4, 0.5) is 0 Å². The second kappa shape index (κ2) is 7.25. The highest BCUT2D eigenvalue weighted by Crippen LogP contribution is 2.23. The van der Waals surface area contributed by atoms with E-state index in [1.807, 2.05) is 13.0 Å². The molecule has 25 heavy (non-hydrogen) atoms. The van der Waals surface area contributed by atoms with Crippen molar-refractivity contribution in [3.8, 4) is 5.75 Å². The first-order valence-corrected chi connectivity index (χ1v) is 8.83. The van der Waals surface area contributed by atoms with Crippen LogP contribution >= 0.6 is 22.9 Å². The summed E-state index contributed by atoms with van der Waals surface area (Å²) >= 11 is 7.45. The first-order valence-electron chi connectivity index (χ1n) is 7.64. The highest BCUT2D eigenvalue weighted by molar-refractivity contribution is 7.18. The standard InChI is InChI=1S/C17H16ClN3O3S/c1-3-12-8-13-16(25-12)19-9-21(17(13)23)20-15(22)7-10-6-11(18)4-5-14(10)24-2/h4-6,8-9H,3,7H2,1-2H3,(H,20,22). The zero-order chi connectivity index (χ0) is 18.0. The van der Waals surface area contributed by atoms with Crippen LogP contribution in [0, 0.1) is 0 Å². The summed E-state index contributed by atoms with van der Waals surface area (Å²) in [6.07, 6.45) is 2.19. The van der Waals surface area contributed by atoms with Gasteiger partial charge >= 0.3 is 0 Å². The molecule has 130 valence electrons. The Balaban J connectivity index is 1.84. The van der Waals surface area contributed by atoms with Gasteiger partial charge in [-0.25, -0.2) is 9.66 Å². The molecule has 0 bridgehead atoms. The van der Waals surface area contributed by atoms with E-state index in [-0.39, 0.29) is 17.9 Å². The molecule has 0 fully saturated rings. The largest absolute Gasteiger partial charge is 0.496 e. The summed E-state index contributed by atoms with van der Waals surface area (Å²) in [7, 11) is 1.52. The summed E-state index contributed by atoms with van der Waals surface area (Å²) in [5.74, 6) is 0.195. The minimum atomic E-state index is -0.366. The van der Waals surface area contributed by atoms with E-state index in [1.54, 1.807) is 18.2 Å². The number of aryl methyl sites for hydroxylation is 1. The van der Waals surface area contributed by atoms with Crippen LogP contribution in [0.5, 0.6) is 5.75 Å². The molecule has 0 aliphatic carbocycles. The van der Waals surface area contributed by atoms with Crippen LogP contribution in [0.2, 0.25) is 5.02 Å². The molecule has 2 aromatic heterocycles. The van der Waals surface area contributed by atoms with E-state index in [1.165, 1.54) is 24.8 Å². The van der Waals surface area contributed by atoms with Gasteiger partial charge in [-0.3, -0.25) is 15.0 Å². The van der Waals surface area contributed by atoms with E-state index in [4.69, 9.17) is 16.3 Å². The van der Waals surface area contributed by atoms with Gasteiger partial charge in [0.05, 0.1) is 18.9 Å². The number of rotatable bonds is 5. The van der Waals surface area contributed by atoms with Crippen molar-refractivity contribution in [2.45, 2.75) is 19.8 Å². The van der Waals surface area contributed by atoms with Crippen LogP contribution in [-0.2, 0) is 17.6 Å². The number of benzene rings is 1. The average molecular weight is 378 g/mol. The van der Waals surface area contributed by atoms with E-state index >= 15 is 0 Å².